The van der Waals surface area contributed by atoms with Crippen molar-refractivity contribution < 1.29 is 8.42 Å². The monoisotopic (exact) mass is 345 g/mol. The largest absolute Gasteiger partial charge is 0.289 e. The molecule has 0 N–H and O–H groups in total. The Labute approximate surface area is 133 Å². The molecule has 114 valence electrons. The van der Waals surface area contributed by atoms with Gasteiger partial charge in [0.1, 0.15) is 0 Å². The normalized spacial score (nSPS) is 22.5. The van der Waals surface area contributed by atoms with E-state index in [2.05, 4.69) is 10.00 Å². The van der Waals surface area contributed by atoms with Crippen molar-refractivity contribution >= 4 is 32.8 Å². The molecule has 1 aliphatic rings. The van der Waals surface area contributed by atoms with Crippen molar-refractivity contribution in [3.8, 4) is 0 Å². The molecule has 3 rings (SSSR count). The Morgan fingerprint density at radius 2 is 2.29 bits per heavy atom. The van der Waals surface area contributed by atoms with Crippen molar-refractivity contribution in [1.82, 2.24) is 14.7 Å². The van der Waals surface area contributed by atoms with E-state index in [4.69, 9.17) is 11.6 Å². The number of sulfone groups is 1. The fourth-order valence-electron chi connectivity index (χ4n) is 2.59. The molecule has 1 unspecified atom stereocenters. The summed E-state index contributed by atoms with van der Waals surface area (Å²) in [7, 11) is -1.15. The fourth-order valence-corrected chi connectivity index (χ4v) is 5.26. The molecule has 0 bridgehead atoms. The van der Waals surface area contributed by atoms with Gasteiger partial charge in [0.2, 0.25) is 0 Å². The number of halogens is 1. The first kappa shape index (κ1) is 15.0. The second-order valence-electron chi connectivity index (χ2n) is 5.25. The zero-order chi connectivity index (χ0) is 15.0. The zero-order valence-electron chi connectivity index (χ0n) is 11.6. The molecule has 0 spiro atoms. The van der Waals surface area contributed by atoms with E-state index in [1.807, 2.05) is 25.4 Å². The molecule has 0 radical (unpaired) electrons. The molecular formula is C13H16ClN3O2S2. The van der Waals surface area contributed by atoms with Crippen molar-refractivity contribution in [2.75, 3.05) is 18.1 Å². The van der Waals surface area contributed by atoms with Crippen molar-refractivity contribution in [1.29, 1.82) is 0 Å². The lowest BCUT2D eigenvalue weighted by atomic mass is 10.1. The van der Waals surface area contributed by atoms with Crippen molar-refractivity contribution in [3.63, 3.8) is 0 Å². The van der Waals surface area contributed by atoms with Gasteiger partial charge in [-0.2, -0.15) is 5.10 Å². The maximum atomic E-state index is 12.0. The lowest BCUT2D eigenvalue weighted by molar-refractivity contribution is 0.208. The van der Waals surface area contributed by atoms with Crippen LogP contribution >= 0.6 is 22.9 Å². The third-order valence-corrected chi connectivity index (χ3v) is 6.48. The predicted octanol–water partition coefficient (Wildman–Crippen LogP) is 2.11. The van der Waals surface area contributed by atoms with E-state index in [9.17, 15) is 8.42 Å². The van der Waals surface area contributed by atoms with E-state index in [1.165, 1.54) is 11.3 Å². The Bertz CT molecular complexity index is 738. The van der Waals surface area contributed by atoms with E-state index in [0.717, 1.165) is 14.8 Å². The molecule has 1 fully saturated rings. The maximum Gasteiger partial charge on any atom is 0.153 e. The van der Waals surface area contributed by atoms with Gasteiger partial charge in [-0.25, -0.2) is 8.42 Å². The van der Waals surface area contributed by atoms with Gasteiger partial charge in [-0.1, -0.05) is 11.6 Å². The summed E-state index contributed by atoms with van der Waals surface area (Å²) in [6.45, 7) is 1.25. The van der Waals surface area contributed by atoms with E-state index < -0.39 is 9.84 Å². The summed E-state index contributed by atoms with van der Waals surface area (Å²) in [5, 5.41) is 4.16. The summed E-state index contributed by atoms with van der Waals surface area (Å²) in [6, 6.07) is 3.73. The lowest BCUT2D eigenvalue weighted by Gasteiger charge is -2.34. The van der Waals surface area contributed by atoms with Gasteiger partial charge in [-0.3, -0.25) is 9.58 Å². The van der Waals surface area contributed by atoms with Crippen LogP contribution in [0.4, 0.5) is 0 Å². The molecule has 5 nitrogen and oxygen atoms in total. The molecule has 21 heavy (non-hydrogen) atoms. The second-order valence-corrected chi connectivity index (χ2v) is 9.28. The Balaban J connectivity index is 1.86. The van der Waals surface area contributed by atoms with Gasteiger partial charge < -0.3 is 0 Å². The minimum Gasteiger partial charge on any atom is -0.289 e. The smallest absolute Gasteiger partial charge is 0.153 e. The average molecular weight is 346 g/mol. The van der Waals surface area contributed by atoms with Crippen LogP contribution in [0.5, 0.6) is 0 Å². The van der Waals surface area contributed by atoms with Gasteiger partial charge in [0.05, 0.1) is 28.1 Å². The number of hydrogen-bond acceptors (Lipinski definition) is 5. The molecule has 2 aromatic rings. The van der Waals surface area contributed by atoms with Gasteiger partial charge in [-0.15, -0.1) is 11.3 Å². The van der Waals surface area contributed by atoms with Gasteiger partial charge in [0.25, 0.3) is 0 Å². The minimum absolute atomic E-state index is 0.140. The number of thiophene rings is 1. The number of aromatic nitrogens is 2. The molecular weight excluding hydrogens is 330 g/mol. The summed E-state index contributed by atoms with van der Waals surface area (Å²) in [4.78, 5) is 3.34. The van der Waals surface area contributed by atoms with Gasteiger partial charge in [0, 0.05) is 36.8 Å². The van der Waals surface area contributed by atoms with Gasteiger partial charge in [-0.05, 0) is 12.1 Å². The standard InChI is InChI=1S/C13H16ClN3O2S2/c1-16-7-10(6-15-16)12-9-21(18,19)5-4-17(12)8-11-2-3-13(14)20-11/h2-3,6-7,12H,4-5,8-9H2,1H3. The van der Waals surface area contributed by atoms with Crippen LogP contribution < -0.4 is 0 Å². The van der Waals surface area contributed by atoms with E-state index in [1.54, 1.807) is 10.9 Å². The van der Waals surface area contributed by atoms with Crippen molar-refractivity contribution in [2.45, 2.75) is 12.6 Å². The summed E-state index contributed by atoms with van der Waals surface area (Å²) in [6.07, 6.45) is 3.64. The second kappa shape index (κ2) is 5.72. The zero-order valence-corrected chi connectivity index (χ0v) is 14.0. The van der Waals surface area contributed by atoms with Crippen LogP contribution in [0.1, 0.15) is 16.5 Å². The topological polar surface area (TPSA) is 55.2 Å². The Kier molecular flexibility index (Phi) is 4.09. The van der Waals surface area contributed by atoms with E-state index in [0.29, 0.717) is 13.1 Å². The summed E-state index contributed by atoms with van der Waals surface area (Å²) >= 11 is 7.51. The summed E-state index contributed by atoms with van der Waals surface area (Å²) < 4.78 is 26.4. The number of nitrogens with zero attached hydrogens (tertiary/aromatic N) is 3. The quantitative estimate of drug-likeness (QED) is 0.855. The first-order valence-electron chi connectivity index (χ1n) is 6.60. The molecule has 0 aliphatic carbocycles. The summed E-state index contributed by atoms with van der Waals surface area (Å²) in [5.74, 6) is 0.362. The van der Waals surface area contributed by atoms with Crippen LogP contribution in [0.3, 0.4) is 0 Å². The number of hydrogen-bond donors (Lipinski definition) is 0. The molecule has 0 aromatic carbocycles. The average Bonchev–Trinajstić information content (AvgIpc) is 3.00. The predicted molar refractivity (Wildman–Crippen MR) is 84.3 cm³/mol. The Morgan fingerprint density at radius 3 is 2.90 bits per heavy atom. The molecule has 1 saturated heterocycles. The fraction of sp³-hybridized carbons (Fsp3) is 0.462. The van der Waals surface area contributed by atoms with Crippen molar-refractivity contribution in [2.24, 2.45) is 7.05 Å². The molecule has 8 heteroatoms. The van der Waals surface area contributed by atoms with Gasteiger partial charge in [0.15, 0.2) is 9.84 Å². The molecule has 0 amide bonds. The van der Waals surface area contributed by atoms with Crippen LogP contribution in [-0.4, -0.2) is 41.1 Å². The molecule has 1 atom stereocenters. The highest BCUT2D eigenvalue weighted by atomic mass is 35.5. The third-order valence-electron chi connectivity index (χ3n) is 3.64. The molecule has 0 saturated carbocycles. The Hall–Kier alpha value is -0.890. The highest BCUT2D eigenvalue weighted by molar-refractivity contribution is 7.91. The summed E-state index contributed by atoms with van der Waals surface area (Å²) in [5.41, 5.74) is 0.948. The Morgan fingerprint density at radius 1 is 1.48 bits per heavy atom. The highest BCUT2D eigenvalue weighted by Crippen LogP contribution is 2.30. The van der Waals surface area contributed by atoms with Crippen molar-refractivity contribution in [3.05, 3.63) is 39.3 Å². The molecule has 3 heterocycles. The van der Waals surface area contributed by atoms with E-state index >= 15 is 0 Å². The van der Waals surface area contributed by atoms with Crippen LogP contribution in [0.2, 0.25) is 4.34 Å². The van der Waals surface area contributed by atoms with Gasteiger partial charge >= 0.3 is 0 Å². The highest BCUT2D eigenvalue weighted by Gasteiger charge is 2.33. The number of rotatable bonds is 3. The first-order chi connectivity index (χ1) is 9.93. The first-order valence-corrected chi connectivity index (χ1v) is 9.62. The van der Waals surface area contributed by atoms with Crippen LogP contribution in [0, 0.1) is 0 Å². The maximum absolute atomic E-state index is 12.0. The minimum atomic E-state index is -2.99. The number of aryl methyl sites for hydroxylation is 1. The van der Waals surface area contributed by atoms with Crippen LogP contribution in [0.25, 0.3) is 0 Å². The van der Waals surface area contributed by atoms with Crippen LogP contribution in [0.15, 0.2) is 24.5 Å². The SMILES string of the molecule is Cn1cc(C2CS(=O)(=O)CCN2Cc2ccc(Cl)s2)cn1. The lowest BCUT2D eigenvalue weighted by Crippen LogP contribution is -2.42. The van der Waals surface area contributed by atoms with E-state index in [-0.39, 0.29) is 17.5 Å². The molecule has 2 aromatic heterocycles. The van der Waals surface area contributed by atoms with Crippen LogP contribution in [-0.2, 0) is 23.4 Å². The third kappa shape index (κ3) is 3.48. The molecule has 1 aliphatic heterocycles.